The lowest BCUT2D eigenvalue weighted by atomic mass is 9.61. The van der Waals surface area contributed by atoms with Crippen molar-refractivity contribution in [3.05, 3.63) is 35.1 Å². The minimum Gasteiger partial charge on any atom is -0.481 e. The van der Waals surface area contributed by atoms with Gasteiger partial charge in [0.15, 0.2) is 0 Å². The topological polar surface area (TPSA) is 63.3 Å². The average molecular weight is 277 g/mol. The van der Waals surface area contributed by atoms with E-state index in [4.69, 9.17) is 5.73 Å². The van der Waals surface area contributed by atoms with Crippen molar-refractivity contribution in [2.24, 2.45) is 5.73 Å². The largest absolute Gasteiger partial charge is 0.481 e. The van der Waals surface area contributed by atoms with Gasteiger partial charge in [-0.2, -0.15) is 13.2 Å². The normalized spacial score (nSPS) is 26.9. The predicted octanol–water partition coefficient (Wildman–Crippen LogP) is 2.29. The number of alkyl halides is 3. The van der Waals surface area contributed by atoms with Crippen molar-refractivity contribution in [1.82, 2.24) is 0 Å². The lowest BCUT2D eigenvalue weighted by molar-refractivity contribution is -0.150. The molecule has 1 aromatic carbocycles. The first-order chi connectivity index (χ1) is 8.67. The van der Waals surface area contributed by atoms with Crippen LogP contribution in [0.15, 0.2) is 18.2 Å². The number of halogens is 4. The molecule has 7 heteroatoms. The second kappa shape index (κ2) is 4.19. The molecule has 0 heterocycles. The fourth-order valence-electron chi connectivity index (χ4n) is 2.50. The lowest BCUT2D eigenvalue weighted by Gasteiger charge is -2.44. The molecule has 0 unspecified atom stereocenters. The molecule has 0 saturated heterocycles. The van der Waals surface area contributed by atoms with Gasteiger partial charge < -0.3 is 10.8 Å². The molecular weight excluding hydrogens is 266 g/mol. The Balaban J connectivity index is 2.60. The summed E-state index contributed by atoms with van der Waals surface area (Å²) in [7, 11) is 0. The maximum atomic E-state index is 13.2. The molecule has 1 fully saturated rings. The zero-order chi connectivity index (χ0) is 14.4. The molecular formula is C12H11F4NO2. The van der Waals surface area contributed by atoms with Gasteiger partial charge in [-0.15, -0.1) is 0 Å². The molecule has 0 aromatic heterocycles. The molecule has 1 saturated carbocycles. The van der Waals surface area contributed by atoms with E-state index in [0.717, 1.165) is 0 Å². The van der Waals surface area contributed by atoms with Crippen LogP contribution in [0.3, 0.4) is 0 Å². The lowest BCUT2D eigenvalue weighted by Crippen LogP contribution is -2.54. The van der Waals surface area contributed by atoms with Crippen molar-refractivity contribution in [3.8, 4) is 0 Å². The average Bonchev–Trinajstić information content (AvgIpc) is 2.22. The fraction of sp³-hybridized carbons (Fsp3) is 0.417. The molecule has 0 radical (unpaired) electrons. The van der Waals surface area contributed by atoms with E-state index in [0.29, 0.717) is 18.2 Å². The Morgan fingerprint density at radius 2 is 1.95 bits per heavy atom. The van der Waals surface area contributed by atoms with E-state index in [1.807, 2.05) is 0 Å². The highest BCUT2D eigenvalue weighted by molar-refractivity contribution is 5.83. The number of benzene rings is 1. The SMILES string of the molecule is NC1CC(C(=O)O)(c2cc(F)ccc2C(F)(F)F)C1. The third-order valence-electron chi connectivity index (χ3n) is 3.43. The first-order valence-electron chi connectivity index (χ1n) is 5.53. The summed E-state index contributed by atoms with van der Waals surface area (Å²) in [6.45, 7) is 0. The summed E-state index contributed by atoms with van der Waals surface area (Å²) >= 11 is 0. The third kappa shape index (κ3) is 2.18. The van der Waals surface area contributed by atoms with Crippen LogP contribution in [0.5, 0.6) is 0 Å². The highest BCUT2D eigenvalue weighted by Crippen LogP contribution is 2.48. The van der Waals surface area contributed by atoms with Crippen molar-refractivity contribution < 1.29 is 27.5 Å². The molecule has 2 rings (SSSR count). The minimum atomic E-state index is -4.73. The standard InChI is InChI=1S/C12H11F4NO2/c13-6-1-2-8(12(14,15)16)9(3-6)11(10(18)19)4-7(17)5-11/h1-3,7H,4-5,17H2,(H,18,19). The molecule has 1 aliphatic carbocycles. The molecule has 1 aromatic rings. The smallest absolute Gasteiger partial charge is 0.416 e. The van der Waals surface area contributed by atoms with Crippen molar-refractivity contribution in [2.45, 2.75) is 30.5 Å². The summed E-state index contributed by atoms with van der Waals surface area (Å²) in [6, 6.07) is 1.39. The first kappa shape index (κ1) is 13.8. The second-order valence-electron chi connectivity index (χ2n) is 4.74. The van der Waals surface area contributed by atoms with Gasteiger partial charge in [-0.25, -0.2) is 4.39 Å². The minimum absolute atomic E-state index is 0.130. The van der Waals surface area contributed by atoms with Crippen LogP contribution in [0.1, 0.15) is 24.0 Å². The van der Waals surface area contributed by atoms with E-state index in [-0.39, 0.29) is 12.8 Å². The molecule has 0 spiro atoms. The Bertz CT molecular complexity index is 521. The number of carbonyl (C=O) groups is 1. The Hall–Kier alpha value is -1.63. The maximum absolute atomic E-state index is 13.2. The van der Waals surface area contributed by atoms with Gasteiger partial charge in [-0.1, -0.05) is 0 Å². The second-order valence-corrected chi connectivity index (χ2v) is 4.74. The summed E-state index contributed by atoms with van der Waals surface area (Å²) in [5.41, 5.74) is 2.08. The van der Waals surface area contributed by atoms with Crippen LogP contribution in [-0.2, 0) is 16.4 Å². The van der Waals surface area contributed by atoms with Gasteiger partial charge in [0, 0.05) is 6.04 Å². The number of nitrogens with two attached hydrogens (primary N) is 1. The number of carboxylic acid groups (broad SMARTS) is 1. The third-order valence-corrected chi connectivity index (χ3v) is 3.43. The van der Waals surface area contributed by atoms with E-state index >= 15 is 0 Å². The van der Waals surface area contributed by atoms with Gasteiger partial charge in [-0.3, -0.25) is 4.79 Å². The van der Waals surface area contributed by atoms with Crippen molar-refractivity contribution in [2.75, 3.05) is 0 Å². The number of rotatable bonds is 2. The van der Waals surface area contributed by atoms with E-state index in [1.165, 1.54) is 0 Å². The van der Waals surface area contributed by atoms with Crippen LogP contribution < -0.4 is 5.73 Å². The van der Waals surface area contributed by atoms with E-state index in [1.54, 1.807) is 0 Å². The van der Waals surface area contributed by atoms with Gasteiger partial charge >= 0.3 is 12.1 Å². The molecule has 3 N–H and O–H groups in total. The number of aliphatic carboxylic acids is 1. The van der Waals surface area contributed by atoms with Gasteiger partial charge in [0.25, 0.3) is 0 Å². The van der Waals surface area contributed by atoms with E-state index < -0.39 is 40.5 Å². The van der Waals surface area contributed by atoms with Crippen LogP contribution in [0.25, 0.3) is 0 Å². The van der Waals surface area contributed by atoms with Crippen LogP contribution in [-0.4, -0.2) is 17.1 Å². The Morgan fingerprint density at radius 3 is 2.37 bits per heavy atom. The molecule has 0 bridgehead atoms. The van der Waals surface area contributed by atoms with Gasteiger partial charge in [0.05, 0.1) is 11.0 Å². The van der Waals surface area contributed by atoms with Gasteiger partial charge in [0.1, 0.15) is 5.82 Å². The summed E-state index contributed by atoms with van der Waals surface area (Å²) in [5, 5.41) is 9.19. The first-order valence-corrected chi connectivity index (χ1v) is 5.53. The monoisotopic (exact) mass is 277 g/mol. The molecule has 3 nitrogen and oxygen atoms in total. The molecule has 1 aliphatic rings. The fourth-order valence-corrected chi connectivity index (χ4v) is 2.50. The molecule has 19 heavy (non-hydrogen) atoms. The molecule has 0 amide bonds. The summed E-state index contributed by atoms with van der Waals surface area (Å²) in [4.78, 5) is 11.3. The zero-order valence-corrected chi connectivity index (χ0v) is 9.67. The molecule has 104 valence electrons. The Labute approximate surface area is 106 Å². The van der Waals surface area contributed by atoms with E-state index in [2.05, 4.69) is 0 Å². The quantitative estimate of drug-likeness (QED) is 0.815. The van der Waals surface area contributed by atoms with Crippen LogP contribution in [0.4, 0.5) is 17.6 Å². The van der Waals surface area contributed by atoms with Gasteiger partial charge in [0.2, 0.25) is 0 Å². The van der Waals surface area contributed by atoms with Crippen LogP contribution >= 0.6 is 0 Å². The van der Waals surface area contributed by atoms with Gasteiger partial charge in [-0.05, 0) is 36.6 Å². The summed E-state index contributed by atoms with van der Waals surface area (Å²) in [5.74, 6) is -2.31. The van der Waals surface area contributed by atoms with Crippen molar-refractivity contribution in [1.29, 1.82) is 0 Å². The van der Waals surface area contributed by atoms with Crippen LogP contribution in [0, 0.1) is 5.82 Å². The Morgan fingerprint density at radius 1 is 1.37 bits per heavy atom. The van der Waals surface area contributed by atoms with Crippen molar-refractivity contribution >= 4 is 5.97 Å². The maximum Gasteiger partial charge on any atom is 0.416 e. The number of carboxylic acids is 1. The van der Waals surface area contributed by atoms with E-state index in [9.17, 15) is 27.5 Å². The summed E-state index contributed by atoms with van der Waals surface area (Å²) in [6.07, 6.45) is -4.99. The Kier molecular flexibility index (Phi) is 3.04. The van der Waals surface area contributed by atoms with Crippen LogP contribution in [0.2, 0.25) is 0 Å². The molecule has 0 aliphatic heterocycles. The zero-order valence-electron chi connectivity index (χ0n) is 9.67. The molecule has 0 atom stereocenters. The summed E-state index contributed by atoms with van der Waals surface area (Å²) < 4.78 is 51.8. The number of hydrogen-bond acceptors (Lipinski definition) is 2. The highest BCUT2D eigenvalue weighted by atomic mass is 19.4. The van der Waals surface area contributed by atoms with Crippen molar-refractivity contribution in [3.63, 3.8) is 0 Å². The number of hydrogen-bond donors (Lipinski definition) is 2. The predicted molar refractivity (Wildman–Crippen MR) is 57.9 cm³/mol. The highest BCUT2D eigenvalue weighted by Gasteiger charge is 2.54.